The minimum Gasteiger partial charge on any atom is -0.781 e. The Morgan fingerprint density at radius 3 is 2.06 bits per heavy atom. The molecule has 0 amide bonds. The summed E-state index contributed by atoms with van der Waals surface area (Å²) < 4.78 is 54.2. The molecule has 0 heterocycles. The molecule has 11 heteroatoms. The van der Waals surface area contributed by atoms with Crippen molar-refractivity contribution in [3.63, 3.8) is 0 Å². The van der Waals surface area contributed by atoms with Crippen molar-refractivity contribution in [2.24, 2.45) is 0 Å². The summed E-state index contributed by atoms with van der Waals surface area (Å²) in [4.78, 5) is 10.7. The molecule has 3 aromatic carbocycles. The Labute approximate surface area is 286 Å². The number of aryl methyl sites for hydroxylation is 1. The normalized spacial score (nSPS) is 12.6. The number of rotatable bonds is 11. The Kier molecular flexibility index (Phi) is 16.0. The third-order valence-corrected chi connectivity index (χ3v) is 6.39. The zero-order valence-corrected chi connectivity index (χ0v) is 27.2. The number of hydrogen-bond acceptors (Lipinski definition) is 7. The van der Waals surface area contributed by atoms with Crippen molar-refractivity contribution in [2.75, 3.05) is 0 Å². The fourth-order valence-corrected chi connectivity index (χ4v) is 4.74. The van der Waals surface area contributed by atoms with Crippen LogP contribution in [0.2, 0.25) is 0 Å². The van der Waals surface area contributed by atoms with Crippen molar-refractivity contribution in [1.82, 2.24) is 0 Å². The van der Waals surface area contributed by atoms with Gasteiger partial charge in [-0.25, -0.2) is 8.42 Å². The fourth-order valence-electron chi connectivity index (χ4n) is 3.25. The van der Waals surface area contributed by atoms with Crippen LogP contribution in [0.3, 0.4) is 0 Å². The van der Waals surface area contributed by atoms with Crippen LogP contribution in [-0.4, -0.2) is 18.4 Å². The van der Waals surface area contributed by atoms with Crippen LogP contribution in [0.4, 0.5) is 0 Å². The molecule has 0 radical (unpaired) electrons. The van der Waals surface area contributed by atoms with Gasteiger partial charge < -0.3 is 23.3 Å². The molecule has 0 saturated carbocycles. The van der Waals surface area contributed by atoms with Crippen molar-refractivity contribution >= 4 is 18.4 Å². The van der Waals surface area contributed by atoms with Crippen LogP contribution >= 0.6 is 8.25 Å². The minimum atomic E-state index is -4.86. The molecular formula is C23H23K2O7PS. The van der Waals surface area contributed by atoms with E-state index in [2.05, 4.69) is 16.7 Å². The maximum absolute atomic E-state index is 11.1. The summed E-state index contributed by atoms with van der Waals surface area (Å²) in [5.41, 5.74) is 1.37. The quantitative estimate of drug-likeness (QED) is 0.154. The van der Waals surface area contributed by atoms with E-state index in [4.69, 9.17) is 4.74 Å². The topological polar surface area (TPSA) is 116 Å². The minimum absolute atomic E-state index is 0. The molecule has 0 aromatic heterocycles. The zero-order valence-electron chi connectivity index (χ0n) is 19.2. The van der Waals surface area contributed by atoms with Crippen molar-refractivity contribution in [3.8, 4) is 11.5 Å². The molecule has 0 saturated heterocycles. The van der Waals surface area contributed by atoms with Gasteiger partial charge in [0, 0.05) is 0 Å². The van der Waals surface area contributed by atoms with Gasteiger partial charge in [0.25, 0.3) is 0 Å². The van der Waals surface area contributed by atoms with Crippen molar-refractivity contribution in [2.45, 2.75) is 31.1 Å². The molecule has 2 unspecified atom stereocenters. The van der Waals surface area contributed by atoms with E-state index < -0.39 is 23.8 Å². The maximum atomic E-state index is 11.1. The molecule has 34 heavy (non-hydrogen) atoms. The fraction of sp³-hybridized carbons (Fsp3) is 0.217. The van der Waals surface area contributed by atoms with Crippen LogP contribution in [-0.2, 0) is 32.0 Å². The first kappa shape index (κ1) is 32.8. The van der Waals surface area contributed by atoms with Crippen molar-refractivity contribution < 1.29 is 134 Å². The Morgan fingerprint density at radius 2 is 1.44 bits per heavy atom. The first-order valence-corrected chi connectivity index (χ1v) is 12.7. The second-order valence-corrected chi connectivity index (χ2v) is 9.49. The SMILES string of the molecule is O=[PH]([O-])OC(CCCc1cccc(Oc2ccc(Cc3ccccc3)cc2)c1)S(=O)(=O)[O-].[K+].[K+]. The van der Waals surface area contributed by atoms with E-state index >= 15 is 0 Å². The third kappa shape index (κ3) is 11.9. The zero-order chi connectivity index (χ0) is 23.0. The predicted molar refractivity (Wildman–Crippen MR) is 119 cm³/mol. The van der Waals surface area contributed by atoms with E-state index in [9.17, 15) is 22.4 Å². The van der Waals surface area contributed by atoms with Crippen LogP contribution in [0.5, 0.6) is 11.5 Å². The summed E-state index contributed by atoms with van der Waals surface area (Å²) in [7, 11) is -8.63. The summed E-state index contributed by atoms with van der Waals surface area (Å²) in [5.74, 6) is 1.30. The van der Waals surface area contributed by atoms with E-state index in [1.807, 2.05) is 60.7 Å². The van der Waals surface area contributed by atoms with Gasteiger partial charge in [-0.05, 0) is 66.6 Å². The maximum Gasteiger partial charge on any atom is 1.00 e. The third-order valence-electron chi connectivity index (χ3n) is 4.76. The van der Waals surface area contributed by atoms with Gasteiger partial charge in [-0.3, -0.25) is 0 Å². The molecule has 170 valence electrons. The van der Waals surface area contributed by atoms with Gasteiger partial charge in [0.15, 0.2) is 5.44 Å². The summed E-state index contributed by atoms with van der Waals surface area (Å²) in [5, 5.41) is 0. The summed E-state index contributed by atoms with van der Waals surface area (Å²) in [6.45, 7) is 0. The average Bonchev–Trinajstić information content (AvgIpc) is 2.75. The smallest absolute Gasteiger partial charge is 0.781 e. The van der Waals surface area contributed by atoms with E-state index in [1.54, 1.807) is 6.07 Å². The van der Waals surface area contributed by atoms with Crippen molar-refractivity contribution in [3.05, 3.63) is 95.6 Å². The van der Waals surface area contributed by atoms with E-state index in [1.165, 1.54) is 11.1 Å². The molecule has 3 rings (SSSR count). The molecule has 2 atom stereocenters. The Hall–Kier alpha value is 0.793. The van der Waals surface area contributed by atoms with Crippen LogP contribution in [0, 0.1) is 0 Å². The first-order chi connectivity index (χ1) is 15.3. The van der Waals surface area contributed by atoms with E-state index in [0.717, 1.165) is 12.0 Å². The molecule has 0 aliphatic rings. The molecule has 0 spiro atoms. The first-order valence-electron chi connectivity index (χ1n) is 10.0. The summed E-state index contributed by atoms with van der Waals surface area (Å²) >= 11 is 0. The largest absolute Gasteiger partial charge is 1.00 e. The van der Waals surface area contributed by atoms with Gasteiger partial charge in [-0.1, -0.05) is 54.6 Å². The molecule has 0 aliphatic carbocycles. The standard InChI is InChI=1S/C23H25O7PS.2K/c24-31(25)30-23(32(26,27)28)11-5-9-19-8-4-10-22(17-19)29-21-14-12-20(13-15-21)16-18-6-2-1-3-7-18;;/h1-4,6-8,10,12-15,17,23,31H,5,9,11,16H2,(H,24,25)(H,26,27,28);;/q;2*+1/p-2. The molecule has 0 fully saturated rings. The number of ether oxygens (including phenoxy) is 1. The number of benzene rings is 3. The Bertz CT molecular complexity index is 1140. The Balaban J connectivity index is 0.00000289. The van der Waals surface area contributed by atoms with Crippen LogP contribution in [0.15, 0.2) is 78.9 Å². The van der Waals surface area contributed by atoms with Crippen molar-refractivity contribution in [1.29, 1.82) is 0 Å². The molecule has 7 nitrogen and oxygen atoms in total. The summed E-state index contributed by atoms with van der Waals surface area (Å²) in [6.07, 6.45) is 1.32. The predicted octanol–water partition coefficient (Wildman–Crippen LogP) is -1.96. The van der Waals surface area contributed by atoms with E-state index in [0.29, 0.717) is 17.9 Å². The van der Waals surface area contributed by atoms with Gasteiger partial charge in [0.1, 0.15) is 29.9 Å². The van der Waals surface area contributed by atoms with Gasteiger partial charge >= 0.3 is 103 Å². The second kappa shape index (κ2) is 16.6. The van der Waals surface area contributed by atoms with Gasteiger partial charge in [0.05, 0.1) is 0 Å². The van der Waals surface area contributed by atoms with Crippen LogP contribution < -0.4 is 112 Å². The molecule has 0 aliphatic heterocycles. The van der Waals surface area contributed by atoms with Crippen LogP contribution in [0.25, 0.3) is 0 Å². The van der Waals surface area contributed by atoms with Gasteiger partial charge in [-0.15, -0.1) is 0 Å². The number of hydrogen-bond donors (Lipinski definition) is 0. The second-order valence-electron chi connectivity index (χ2n) is 7.24. The molecule has 3 aromatic rings. The summed E-state index contributed by atoms with van der Waals surface area (Å²) in [6, 6.07) is 25.3. The average molecular weight is 553 g/mol. The Morgan fingerprint density at radius 1 is 0.824 bits per heavy atom. The molecule has 0 N–H and O–H groups in total. The molecule has 0 bridgehead atoms. The monoisotopic (exact) mass is 552 g/mol. The molecular weight excluding hydrogens is 529 g/mol. The van der Waals surface area contributed by atoms with E-state index in [-0.39, 0.29) is 116 Å². The van der Waals surface area contributed by atoms with Gasteiger partial charge in [-0.2, -0.15) is 0 Å². The van der Waals surface area contributed by atoms with Gasteiger partial charge in [0.2, 0.25) is 0 Å². The van der Waals surface area contributed by atoms with Crippen LogP contribution in [0.1, 0.15) is 29.5 Å².